The van der Waals surface area contributed by atoms with Crippen molar-refractivity contribution < 1.29 is 26.9 Å². The maximum Gasteiger partial charge on any atom is 0.758 e. The second-order valence-electron chi connectivity index (χ2n) is 31.6. The van der Waals surface area contributed by atoms with Gasteiger partial charge in [0.25, 0.3) is 0 Å². The van der Waals surface area contributed by atoms with Crippen LogP contribution in [0.2, 0.25) is 0 Å². The fraction of sp³-hybridized carbons (Fsp3) is 0.526. The van der Waals surface area contributed by atoms with Crippen molar-refractivity contribution in [2.45, 2.75) is 241 Å². The molecule has 10 heteroatoms. The van der Waals surface area contributed by atoms with Crippen LogP contribution < -0.4 is 18.9 Å². The summed E-state index contributed by atoms with van der Waals surface area (Å²) in [4.78, 5) is 3.92. The fourth-order valence-corrected chi connectivity index (χ4v) is 13.2. The summed E-state index contributed by atoms with van der Waals surface area (Å²) in [6, 6.07) is 32.9. The Kier molecular flexibility index (Phi) is 19.3. The summed E-state index contributed by atoms with van der Waals surface area (Å²) in [7, 11) is 0. The summed E-state index contributed by atoms with van der Waals surface area (Å²) >= 11 is 0. The molecule has 2 heterocycles. The fourth-order valence-electron chi connectivity index (χ4n) is 13.2. The van der Waals surface area contributed by atoms with E-state index in [4.69, 9.17) is 9.31 Å². The third-order valence-electron chi connectivity index (χ3n) is 17.7. The van der Waals surface area contributed by atoms with E-state index in [0.29, 0.717) is 0 Å². The topological polar surface area (TPSA) is 31.0 Å². The molecule has 0 aromatic heterocycles. The van der Waals surface area contributed by atoms with Crippen molar-refractivity contribution in [3.05, 3.63) is 165 Å². The third kappa shape index (κ3) is 12.9. The molecule has 0 saturated heterocycles. The van der Waals surface area contributed by atoms with Gasteiger partial charge >= 0.3 is 13.8 Å². The lowest BCUT2D eigenvalue weighted by Crippen LogP contribution is -2.68. The number of halogens is 2. The minimum Gasteiger partial charge on any atom is -0.609 e. The second kappa shape index (κ2) is 24.6. The Morgan fingerprint density at radius 3 is 0.721 bits per heavy atom. The third-order valence-corrected chi connectivity index (χ3v) is 17.7. The van der Waals surface area contributed by atoms with Crippen molar-refractivity contribution in [2.24, 2.45) is 21.7 Å². The van der Waals surface area contributed by atoms with Gasteiger partial charge in [-0.1, -0.05) is 267 Å². The van der Waals surface area contributed by atoms with Gasteiger partial charge in [-0.05, 0) is 105 Å². The first-order valence-corrected chi connectivity index (χ1v) is 32.6. The van der Waals surface area contributed by atoms with Crippen molar-refractivity contribution in [3.63, 3.8) is 0 Å². The van der Waals surface area contributed by atoms with Gasteiger partial charge in [-0.15, -0.1) is 0 Å². The highest BCUT2D eigenvalue weighted by Crippen LogP contribution is 2.53. The molecule has 86 heavy (non-hydrogen) atoms. The second-order valence-corrected chi connectivity index (χ2v) is 31.6. The summed E-state index contributed by atoms with van der Waals surface area (Å²) in [5, 5.41) is 0. The van der Waals surface area contributed by atoms with Crippen molar-refractivity contribution in [3.8, 4) is 11.5 Å². The first-order valence-electron chi connectivity index (χ1n) is 32.6. The maximum atomic E-state index is 21.5. The molecule has 2 atom stereocenters. The zero-order valence-electron chi connectivity index (χ0n) is 58.5. The number of hydrogen-bond acceptors (Lipinski definition) is 4. The van der Waals surface area contributed by atoms with Gasteiger partial charge in [-0.3, -0.25) is 0 Å². The van der Waals surface area contributed by atoms with Gasteiger partial charge in [0.2, 0.25) is 0 Å². The lowest BCUT2D eigenvalue weighted by Gasteiger charge is -2.52. The molecular formula is C76H110B2F2N4O2. The molecule has 0 radical (unpaired) electrons. The lowest BCUT2D eigenvalue weighted by molar-refractivity contribution is -0.340. The Morgan fingerprint density at radius 2 is 0.535 bits per heavy atom. The molecule has 0 spiro atoms. The minimum absolute atomic E-state index is 0.0452. The smallest absolute Gasteiger partial charge is 0.609 e. The summed E-state index contributed by atoms with van der Waals surface area (Å²) in [5.74, 6) is 0.933. The Morgan fingerprint density at radius 1 is 0.326 bits per heavy atom. The van der Waals surface area contributed by atoms with Gasteiger partial charge in [0.1, 0.15) is 11.4 Å². The summed E-state index contributed by atoms with van der Waals surface area (Å²) < 4.78 is 62.1. The number of nitrogens with zero attached hydrogens (tertiary/aromatic N) is 4. The monoisotopic (exact) mass is 1170 g/mol. The molecule has 0 fully saturated rings. The van der Waals surface area contributed by atoms with Crippen LogP contribution in [0.1, 0.15) is 286 Å². The van der Waals surface area contributed by atoms with E-state index >= 15 is 8.63 Å². The number of para-hydroxylation sites is 4. The van der Waals surface area contributed by atoms with Gasteiger partial charge in [0.05, 0.1) is 11.5 Å². The van der Waals surface area contributed by atoms with Crippen LogP contribution in [0.5, 0.6) is 11.5 Å². The number of hydrogen-bond donors (Lipinski definition) is 0. The standard InChI is InChI=1S/C76H110B2F2N4O2/c1-47(2)57-33-29-34-58(48(3)4)69(57)81-65(73(17,18)19)45-66(74(20,21)22)82(70-59(49(5)6)35-30-36-60(70)50(7)8)77(81,79)85-55-41-43-56(44-42-55)86-78(80)83(71-61(51(9)10)37-31-38-62(71)52(11)12)67(75(23,24)25)46-68(76(26,27)28)84(78)72-63(53(13)14)39-32-40-64(72)54(15)16/h29-54H,1-28H3. The Labute approximate surface area is 521 Å². The van der Waals surface area contributed by atoms with Gasteiger partial charge in [-0.25, -0.2) is 0 Å². The van der Waals surface area contributed by atoms with E-state index in [0.717, 1.165) is 90.1 Å². The van der Waals surface area contributed by atoms with Gasteiger partial charge in [0, 0.05) is 68.0 Å². The molecule has 0 amide bonds. The van der Waals surface area contributed by atoms with Crippen LogP contribution in [-0.4, -0.2) is 34.2 Å². The molecular weight excluding hydrogens is 1060 g/mol. The van der Waals surface area contributed by atoms with Crippen molar-refractivity contribution in [1.82, 2.24) is 0 Å². The Hall–Kier alpha value is -5.89. The predicted octanol–water partition coefficient (Wildman–Crippen LogP) is 22.8. The van der Waals surface area contributed by atoms with E-state index in [2.05, 4.69) is 279 Å². The van der Waals surface area contributed by atoms with Crippen LogP contribution in [0.25, 0.3) is 0 Å². The van der Waals surface area contributed by atoms with E-state index in [1.807, 2.05) is 18.6 Å². The highest BCUT2D eigenvalue weighted by atomic mass is 19.1. The summed E-state index contributed by atoms with van der Waals surface area (Å²) in [5.41, 5.74) is 12.6. The van der Waals surface area contributed by atoms with E-state index in [1.54, 1.807) is 24.3 Å². The van der Waals surface area contributed by atoms with Crippen LogP contribution in [0.15, 0.2) is 121 Å². The first kappa shape index (κ1) is 67.6. The summed E-state index contributed by atoms with van der Waals surface area (Å²) in [6.45, 7) is 53.7. The van der Waals surface area contributed by atoms with Crippen LogP contribution >= 0.6 is 0 Å². The first-order chi connectivity index (χ1) is 39.6. The molecule has 5 aromatic rings. The van der Waals surface area contributed by atoms with Crippen LogP contribution in [-0.2, 0) is 0 Å². The quantitative estimate of drug-likeness (QED) is 0.0922. The molecule has 0 aliphatic carbocycles. The molecule has 2 aliphatic heterocycles. The normalized spacial score (nSPS) is 18.6. The Bertz CT molecular complexity index is 3090. The molecule has 5 aromatic carbocycles. The van der Waals surface area contributed by atoms with Crippen molar-refractivity contribution in [1.29, 1.82) is 0 Å². The van der Waals surface area contributed by atoms with Crippen molar-refractivity contribution >= 4 is 48.0 Å². The largest absolute Gasteiger partial charge is 0.758 e. The molecule has 0 saturated carbocycles. The highest BCUT2D eigenvalue weighted by molar-refractivity contribution is 6.67. The number of allylic oxidation sites excluding steroid dienone is 4. The molecule has 2 unspecified atom stereocenters. The number of rotatable bonds is 16. The number of anilines is 2. The predicted molar refractivity (Wildman–Crippen MR) is 369 cm³/mol. The molecule has 0 N–H and O–H groups in total. The van der Waals surface area contributed by atoms with E-state index in [1.165, 1.54) is 0 Å². The van der Waals surface area contributed by atoms with Crippen LogP contribution in [0, 0.1) is 21.7 Å². The van der Waals surface area contributed by atoms with Gasteiger partial charge in [0.15, 0.2) is 11.4 Å². The maximum absolute atomic E-state index is 21.5. The highest BCUT2D eigenvalue weighted by Gasteiger charge is 2.63. The molecule has 7 rings (SSSR count). The van der Waals surface area contributed by atoms with E-state index in [-0.39, 0.29) is 58.8 Å². The van der Waals surface area contributed by atoms with E-state index < -0.39 is 35.5 Å². The molecule has 0 bridgehead atoms. The van der Waals surface area contributed by atoms with Crippen LogP contribution in [0.4, 0.5) is 31.4 Å². The average Bonchev–Trinajstić information content (AvgIpc) is 2.97. The van der Waals surface area contributed by atoms with Crippen LogP contribution in [0.3, 0.4) is 0 Å². The average molecular weight is 1170 g/mol. The number of benzene rings is 5. The molecule has 6 nitrogen and oxygen atoms in total. The van der Waals surface area contributed by atoms with E-state index in [9.17, 15) is 0 Å². The molecule has 466 valence electrons. The zero-order valence-corrected chi connectivity index (χ0v) is 58.5. The van der Waals surface area contributed by atoms with Crippen molar-refractivity contribution in [2.75, 3.05) is 9.62 Å². The SMILES string of the molecule is CC(C)c1cccc(C(C)C)c1N1C(C(C)(C)C)=CC(C(C)(C)C)=[N+](c2c(C(C)C)cccc2C(C)C)[B-]1(F)Oc1ccc(O[B-]2(F)N(c3c(C(C)C)cccc3C(C)C)C(C(C)(C)C)=CC(C(C)(C)C)=[N+]2c2c(C(C)C)cccc2C(C)C)cc1. The Balaban J connectivity index is 1.63. The van der Waals surface area contributed by atoms with Gasteiger partial charge in [-0.2, -0.15) is 0 Å². The van der Waals surface area contributed by atoms with Gasteiger partial charge < -0.3 is 36.5 Å². The lowest BCUT2D eigenvalue weighted by atomic mass is 9.70. The zero-order chi connectivity index (χ0) is 64.5. The minimum atomic E-state index is -3.82. The summed E-state index contributed by atoms with van der Waals surface area (Å²) in [6.07, 6.45) is 4.53. The molecule has 2 aliphatic rings.